The van der Waals surface area contributed by atoms with Crippen molar-refractivity contribution >= 4 is 71.6 Å². The summed E-state index contributed by atoms with van der Waals surface area (Å²) in [5, 5.41) is 13.1. The van der Waals surface area contributed by atoms with Crippen LogP contribution in [0.25, 0.3) is 88.2 Å². The number of anilines is 1. The molecule has 2 nitrogen and oxygen atoms in total. The van der Waals surface area contributed by atoms with Gasteiger partial charge in [0.25, 0.3) is 0 Å². The van der Waals surface area contributed by atoms with Crippen molar-refractivity contribution in [1.82, 2.24) is 0 Å². The SMILES string of the molecule is C(=C/c1ccc2c(ccc3ccccc32)c1)/C=C(\C=C\Nc1ccc(-c2cccc3c2oc2c4ccccc4c(-c4ccccc4)cc32)cc1)c1ccccc1. The van der Waals surface area contributed by atoms with E-state index in [-0.39, 0.29) is 0 Å². The van der Waals surface area contributed by atoms with Crippen LogP contribution in [0.15, 0.2) is 217 Å². The van der Waals surface area contributed by atoms with E-state index in [0.717, 1.165) is 55.3 Å². The highest BCUT2D eigenvalue weighted by Gasteiger charge is 2.17. The lowest BCUT2D eigenvalue weighted by molar-refractivity contribution is 0.674. The Bertz CT molecular complexity index is 3130. The highest BCUT2D eigenvalue weighted by atomic mass is 16.3. The normalized spacial score (nSPS) is 12.2. The Morgan fingerprint density at radius 3 is 1.95 bits per heavy atom. The van der Waals surface area contributed by atoms with Gasteiger partial charge in [-0.1, -0.05) is 182 Å². The highest BCUT2D eigenvalue weighted by Crippen LogP contribution is 2.42. The third-order valence-electron chi connectivity index (χ3n) is 10.7. The van der Waals surface area contributed by atoms with Crippen LogP contribution in [-0.2, 0) is 0 Å². The van der Waals surface area contributed by atoms with Crippen LogP contribution >= 0.6 is 0 Å². The Labute approximate surface area is 326 Å². The van der Waals surface area contributed by atoms with Crippen LogP contribution in [0.4, 0.5) is 5.69 Å². The second kappa shape index (κ2) is 14.4. The van der Waals surface area contributed by atoms with Gasteiger partial charge < -0.3 is 9.73 Å². The average molecular weight is 716 g/mol. The minimum atomic E-state index is 0.904. The number of fused-ring (bicyclic) bond motifs is 8. The predicted molar refractivity (Wildman–Crippen MR) is 240 cm³/mol. The molecule has 1 heterocycles. The molecule has 0 saturated heterocycles. The maximum Gasteiger partial charge on any atom is 0.143 e. The van der Waals surface area contributed by atoms with Crippen LogP contribution in [0.5, 0.6) is 0 Å². The van der Waals surface area contributed by atoms with Crippen LogP contribution in [-0.4, -0.2) is 0 Å². The van der Waals surface area contributed by atoms with Crippen LogP contribution in [0.1, 0.15) is 11.1 Å². The molecule has 0 aliphatic carbocycles. The molecule has 0 atom stereocenters. The molecule has 2 heteroatoms. The van der Waals surface area contributed by atoms with Gasteiger partial charge >= 0.3 is 0 Å². The number of benzene rings is 9. The second-order valence-electron chi connectivity index (χ2n) is 14.2. The van der Waals surface area contributed by atoms with Crippen molar-refractivity contribution < 1.29 is 4.42 Å². The van der Waals surface area contributed by atoms with E-state index in [9.17, 15) is 0 Å². The van der Waals surface area contributed by atoms with Crippen molar-refractivity contribution in [2.45, 2.75) is 0 Å². The lowest BCUT2D eigenvalue weighted by Gasteiger charge is -2.08. The molecular weight excluding hydrogens is 679 g/mol. The fourth-order valence-electron chi connectivity index (χ4n) is 7.95. The monoisotopic (exact) mass is 715 g/mol. The lowest BCUT2D eigenvalue weighted by Crippen LogP contribution is -1.88. The number of furan rings is 1. The van der Waals surface area contributed by atoms with Crippen molar-refractivity contribution in [3.8, 4) is 22.3 Å². The molecule has 0 radical (unpaired) electrons. The summed E-state index contributed by atoms with van der Waals surface area (Å²) in [5.41, 5.74) is 10.9. The van der Waals surface area contributed by atoms with Crippen molar-refractivity contribution in [2.24, 2.45) is 0 Å². The molecule has 56 heavy (non-hydrogen) atoms. The maximum absolute atomic E-state index is 6.76. The summed E-state index contributed by atoms with van der Waals surface area (Å²) >= 11 is 0. The maximum atomic E-state index is 6.76. The van der Waals surface area contributed by atoms with E-state index in [4.69, 9.17) is 4.42 Å². The van der Waals surface area contributed by atoms with Gasteiger partial charge in [0, 0.05) is 33.6 Å². The molecule has 0 bridgehead atoms. The first-order chi connectivity index (χ1) is 27.8. The summed E-state index contributed by atoms with van der Waals surface area (Å²) < 4.78 is 6.76. The zero-order chi connectivity index (χ0) is 37.3. The predicted octanol–water partition coefficient (Wildman–Crippen LogP) is 15.1. The van der Waals surface area contributed by atoms with E-state index < -0.39 is 0 Å². The minimum Gasteiger partial charge on any atom is -0.455 e. The van der Waals surface area contributed by atoms with Gasteiger partial charge in [0.15, 0.2) is 0 Å². The molecule has 0 spiro atoms. The van der Waals surface area contributed by atoms with Crippen LogP contribution < -0.4 is 5.32 Å². The first-order valence-electron chi connectivity index (χ1n) is 19.1. The molecule has 9 aromatic carbocycles. The molecule has 10 aromatic rings. The molecule has 1 N–H and O–H groups in total. The summed E-state index contributed by atoms with van der Waals surface area (Å²) in [4.78, 5) is 0. The van der Waals surface area contributed by atoms with Crippen LogP contribution in [0.2, 0.25) is 0 Å². The smallest absolute Gasteiger partial charge is 0.143 e. The minimum absolute atomic E-state index is 0.904. The van der Waals surface area contributed by atoms with Crippen LogP contribution in [0.3, 0.4) is 0 Å². The van der Waals surface area contributed by atoms with Gasteiger partial charge in [0.1, 0.15) is 11.2 Å². The van der Waals surface area contributed by atoms with Crippen LogP contribution in [0, 0.1) is 0 Å². The molecular formula is C54H37NO. The summed E-state index contributed by atoms with van der Waals surface area (Å²) in [5.74, 6) is 0. The van der Waals surface area contributed by atoms with Crippen molar-refractivity contribution in [3.05, 3.63) is 224 Å². The number of para-hydroxylation sites is 1. The Morgan fingerprint density at radius 1 is 0.446 bits per heavy atom. The van der Waals surface area contributed by atoms with Crippen molar-refractivity contribution in [2.75, 3.05) is 5.32 Å². The fraction of sp³-hybridized carbons (Fsp3) is 0. The van der Waals surface area contributed by atoms with E-state index in [0.29, 0.717) is 0 Å². The molecule has 0 aliphatic rings. The van der Waals surface area contributed by atoms with E-state index in [2.05, 4.69) is 218 Å². The Hall–Kier alpha value is -7.42. The molecule has 0 saturated carbocycles. The standard InChI is InChI=1S/C54H37NO/c1-3-14-38(15-4-1)39(19-11-13-37-25-32-46-43(35-37)27-26-41-18-7-8-20-45(41)46)33-34-55-44-30-28-42(29-31-44)47-23-12-24-50-52-36-51(40-16-5-2-6-17-40)48-21-9-10-22-49(48)54(52)56-53(47)50/h1-36,55H/b13-11-,34-33+,39-19+. The Kier molecular flexibility index (Phi) is 8.55. The van der Waals surface area contributed by atoms with Gasteiger partial charge in [-0.25, -0.2) is 0 Å². The number of allylic oxidation sites excluding steroid dienone is 4. The number of rotatable bonds is 8. The van der Waals surface area contributed by atoms with Crippen molar-refractivity contribution in [3.63, 3.8) is 0 Å². The summed E-state index contributed by atoms with van der Waals surface area (Å²) in [7, 11) is 0. The number of nitrogens with one attached hydrogen (secondary N) is 1. The Morgan fingerprint density at radius 2 is 1.11 bits per heavy atom. The van der Waals surface area contributed by atoms with E-state index in [1.807, 2.05) is 6.20 Å². The molecule has 1 aromatic heterocycles. The molecule has 0 fully saturated rings. The first kappa shape index (κ1) is 33.2. The zero-order valence-electron chi connectivity index (χ0n) is 30.7. The van der Waals surface area contributed by atoms with Crippen molar-refractivity contribution in [1.29, 1.82) is 0 Å². The largest absolute Gasteiger partial charge is 0.455 e. The van der Waals surface area contributed by atoms with Gasteiger partial charge in [-0.05, 0) is 90.7 Å². The first-order valence-corrected chi connectivity index (χ1v) is 19.1. The third-order valence-corrected chi connectivity index (χ3v) is 10.7. The third kappa shape index (κ3) is 6.24. The van der Waals surface area contributed by atoms with E-state index >= 15 is 0 Å². The number of hydrogen-bond acceptors (Lipinski definition) is 2. The van der Waals surface area contributed by atoms with E-state index in [1.165, 1.54) is 43.6 Å². The molecule has 0 unspecified atom stereocenters. The zero-order valence-corrected chi connectivity index (χ0v) is 30.7. The average Bonchev–Trinajstić information content (AvgIpc) is 3.65. The van der Waals surface area contributed by atoms with E-state index in [1.54, 1.807) is 0 Å². The van der Waals surface area contributed by atoms with Gasteiger partial charge in [-0.2, -0.15) is 0 Å². The molecule has 264 valence electrons. The molecule has 10 rings (SSSR count). The van der Waals surface area contributed by atoms with Gasteiger partial charge in [0.05, 0.1) is 0 Å². The fourth-order valence-corrected chi connectivity index (χ4v) is 7.95. The second-order valence-corrected chi connectivity index (χ2v) is 14.2. The number of hydrogen-bond donors (Lipinski definition) is 1. The van der Waals surface area contributed by atoms with Gasteiger partial charge in [-0.3, -0.25) is 0 Å². The lowest BCUT2D eigenvalue weighted by atomic mass is 9.95. The summed E-state index contributed by atoms with van der Waals surface area (Å²) in [6.07, 6.45) is 10.6. The molecule has 0 aliphatic heterocycles. The topological polar surface area (TPSA) is 25.2 Å². The van der Waals surface area contributed by atoms with Gasteiger partial charge in [-0.15, -0.1) is 0 Å². The summed E-state index contributed by atoms with van der Waals surface area (Å²) in [6, 6.07) is 66.6. The highest BCUT2D eigenvalue weighted by molar-refractivity contribution is 6.20. The Balaban J connectivity index is 0.918. The molecule has 0 amide bonds. The van der Waals surface area contributed by atoms with Gasteiger partial charge in [0.2, 0.25) is 0 Å². The summed E-state index contributed by atoms with van der Waals surface area (Å²) in [6.45, 7) is 0. The quantitative estimate of drug-likeness (QED) is 0.125.